The summed E-state index contributed by atoms with van der Waals surface area (Å²) in [7, 11) is -3.41. The molecule has 0 radical (unpaired) electrons. The van der Waals surface area contributed by atoms with E-state index < -0.39 is 7.82 Å². The first-order chi connectivity index (χ1) is 6.56. The van der Waals surface area contributed by atoms with Gasteiger partial charge in [0.15, 0.2) is 0 Å². The summed E-state index contributed by atoms with van der Waals surface area (Å²) in [6.45, 7) is 3.71. The Bertz CT molecular complexity index is 261. The van der Waals surface area contributed by atoms with Crippen LogP contribution in [0.4, 0.5) is 0 Å². The molecule has 2 atom stereocenters. The second-order valence-corrected chi connectivity index (χ2v) is 4.83. The smallest absolute Gasteiger partial charge is 0.286 e. The van der Waals surface area contributed by atoms with Crippen LogP contribution in [0.1, 0.15) is 26.7 Å². The van der Waals surface area contributed by atoms with Crippen molar-refractivity contribution < 1.29 is 18.1 Å². The maximum atomic E-state index is 11.8. The Labute approximate surface area is 83.6 Å². The average molecular weight is 219 g/mol. The lowest BCUT2D eigenvalue weighted by atomic mass is 10.2. The standard InChI is InChI=1S/C8H14NO4P/c1-7-6-8(2)13-14(10,12-7)11-5-3-4-9/h7-8H,3,5-6H2,1-2H3/t7-,8-/m0/s1. The molecule has 5 nitrogen and oxygen atoms in total. The van der Waals surface area contributed by atoms with Crippen molar-refractivity contribution in [3.8, 4) is 6.07 Å². The predicted octanol–water partition coefficient (Wildman–Crippen LogP) is 2.24. The molecule has 6 heteroatoms. The lowest BCUT2D eigenvalue weighted by Crippen LogP contribution is -2.24. The van der Waals surface area contributed by atoms with Gasteiger partial charge in [-0.3, -0.25) is 13.6 Å². The first-order valence-corrected chi connectivity index (χ1v) is 6.00. The van der Waals surface area contributed by atoms with E-state index in [2.05, 4.69) is 0 Å². The molecule has 80 valence electrons. The minimum absolute atomic E-state index is 0.0766. The lowest BCUT2D eigenvalue weighted by molar-refractivity contribution is 0.00343. The van der Waals surface area contributed by atoms with Crippen molar-refractivity contribution in [2.24, 2.45) is 0 Å². The molecule has 0 unspecified atom stereocenters. The van der Waals surface area contributed by atoms with E-state index in [1.165, 1.54) is 0 Å². The molecule has 1 saturated heterocycles. The highest BCUT2D eigenvalue weighted by Crippen LogP contribution is 2.55. The van der Waals surface area contributed by atoms with E-state index in [0.29, 0.717) is 6.42 Å². The zero-order valence-corrected chi connectivity index (χ0v) is 9.20. The Morgan fingerprint density at radius 2 is 2.07 bits per heavy atom. The summed E-state index contributed by atoms with van der Waals surface area (Å²) in [6.07, 6.45) is 0.615. The number of phosphoric acid groups is 1. The third kappa shape index (κ3) is 3.39. The molecular weight excluding hydrogens is 205 g/mol. The van der Waals surface area contributed by atoms with Gasteiger partial charge in [-0.05, 0) is 13.8 Å². The molecule has 14 heavy (non-hydrogen) atoms. The molecule has 0 N–H and O–H groups in total. The van der Waals surface area contributed by atoms with Crippen molar-refractivity contribution >= 4 is 7.82 Å². The summed E-state index contributed by atoms with van der Waals surface area (Å²) >= 11 is 0. The molecule has 1 aliphatic rings. The van der Waals surface area contributed by atoms with Crippen LogP contribution in [0.5, 0.6) is 0 Å². The van der Waals surface area contributed by atoms with Gasteiger partial charge in [0.25, 0.3) is 0 Å². The second kappa shape index (κ2) is 4.90. The van der Waals surface area contributed by atoms with Crippen LogP contribution in [0, 0.1) is 11.3 Å². The molecule has 1 rings (SSSR count). The highest BCUT2D eigenvalue weighted by atomic mass is 31.2. The van der Waals surface area contributed by atoms with Gasteiger partial charge in [0.05, 0.1) is 31.3 Å². The van der Waals surface area contributed by atoms with Crippen LogP contribution >= 0.6 is 7.82 Å². The SMILES string of the molecule is C[C@H]1C[C@H](C)OP(=O)(OCCC#N)O1. The molecule has 1 aliphatic heterocycles. The summed E-state index contributed by atoms with van der Waals surface area (Å²) in [6, 6.07) is 1.89. The molecule has 0 aromatic heterocycles. The van der Waals surface area contributed by atoms with E-state index in [-0.39, 0.29) is 25.2 Å². The molecule has 0 bridgehead atoms. The highest BCUT2D eigenvalue weighted by molar-refractivity contribution is 7.48. The average Bonchev–Trinajstić information content (AvgIpc) is 2.01. The number of rotatable bonds is 3. The number of hydrogen-bond donors (Lipinski definition) is 0. The van der Waals surface area contributed by atoms with Crippen LogP contribution in [-0.4, -0.2) is 18.8 Å². The zero-order valence-electron chi connectivity index (χ0n) is 8.30. The maximum Gasteiger partial charge on any atom is 0.475 e. The van der Waals surface area contributed by atoms with Crippen molar-refractivity contribution in [3.63, 3.8) is 0 Å². The lowest BCUT2D eigenvalue weighted by Gasteiger charge is -2.30. The van der Waals surface area contributed by atoms with Crippen LogP contribution < -0.4 is 0 Å². The van der Waals surface area contributed by atoms with Gasteiger partial charge >= 0.3 is 7.82 Å². The predicted molar refractivity (Wildman–Crippen MR) is 49.5 cm³/mol. The highest BCUT2D eigenvalue weighted by Gasteiger charge is 2.36. The molecule has 1 heterocycles. The first-order valence-electron chi connectivity index (χ1n) is 4.54. The fourth-order valence-corrected chi connectivity index (χ4v) is 2.82. The summed E-state index contributed by atoms with van der Waals surface area (Å²) < 4.78 is 26.9. The first kappa shape index (κ1) is 11.7. The van der Waals surface area contributed by atoms with E-state index in [4.69, 9.17) is 18.8 Å². The van der Waals surface area contributed by atoms with Crippen LogP contribution in [0.3, 0.4) is 0 Å². The van der Waals surface area contributed by atoms with Gasteiger partial charge in [-0.25, -0.2) is 4.57 Å². The van der Waals surface area contributed by atoms with E-state index in [0.717, 1.165) is 0 Å². The van der Waals surface area contributed by atoms with Crippen molar-refractivity contribution in [3.05, 3.63) is 0 Å². The van der Waals surface area contributed by atoms with E-state index in [1.54, 1.807) is 0 Å². The minimum Gasteiger partial charge on any atom is -0.286 e. The number of nitriles is 1. The third-order valence-corrected chi connectivity index (χ3v) is 3.48. The van der Waals surface area contributed by atoms with Crippen LogP contribution in [0.25, 0.3) is 0 Å². The van der Waals surface area contributed by atoms with Crippen LogP contribution in [0.15, 0.2) is 0 Å². The molecule has 0 saturated carbocycles. The van der Waals surface area contributed by atoms with Gasteiger partial charge in [-0.1, -0.05) is 0 Å². The molecule has 0 aromatic carbocycles. The maximum absolute atomic E-state index is 11.8. The Morgan fingerprint density at radius 1 is 1.50 bits per heavy atom. The van der Waals surface area contributed by atoms with E-state index in [1.807, 2.05) is 19.9 Å². The third-order valence-electron chi connectivity index (χ3n) is 1.75. The van der Waals surface area contributed by atoms with Gasteiger partial charge in [-0.15, -0.1) is 0 Å². The quantitative estimate of drug-likeness (QED) is 0.537. The Kier molecular flexibility index (Phi) is 4.09. The van der Waals surface area contributed by atoms with Gasteiger partial charge in [-0.2, -0.15) is 5.26 Å². The van der Waals surface area contributed by atoms with Crippen LogP contribution in [-0.2, 0) is 18.1 Å². The number of nitrogens with zero attached hydrogens (tertiary/aromatic N) is 1. The zero-order chi connectivity index (χ0) is 10.6. The van der Waals surface area contributed by atoms with Gasteiger partial charge in [0.2, 0.25) is 0 Å². The molecule has 0 aliphatic carbocycles. The second-order valence-electron chi connectivity index (χ2n) is 3.26. The fraction of sp³-hybridized carbons (Fsp3) is 0.875. The Hall–Kier alpha value is -0.400. The Morgan fingerprint density at radius 3 is 2.57 bits per heavy atom. The van der Waals surface area contributed by atoms with Gasteiger partial charge in [0, 0.05) is 6.42 Å². The topological polar surface area (TPSA) is 68.5 Å². The van der Waals surface area contributed by atoms with Crippen molar-refractivity contribution in [1.82, 2.24) is 0 Å². The molecule has 1 fully saturated rings. The monoisotopic (exact) mass is 219 g/mol. The number of phosphoric ester groups is 1. The van der Waals surface area contributed by atoms with E-state index in [9.17, 15) is 4.57 Å². The summed E-state index contributed by atoms with van der Waals surface area (Å²) in [5.74, 6) is 0. The van der Waals surface area contributed by atoms with Crippen molar-refractivity contribution in [2.75, 3.05) is 6.61 Å². The molecule has 0 aromatic rings. The van der Waals surface area contributed by atoms with Crippen molar-refractivity contribution in [1.29, 1.82) is 5.26 Å². The number of hydrogen-bond acceptors (Lipinski definition) is 5. The fourth-order valence-electron chi connectivity index (χ4n) is 1.28. The summed E-state index contributed by atoms with van der Waals surface area (Å²) in [4.78, 5) is 0. The summed E-state index contributed by atoms with van der Waals surface area (Å²) in [5.41, 5.74) is 0. The minimum atomic E-state index is -3.41. The molecule has 0 amide bonds. The van der Waals surface area contributed by atoms with Crippen LogP contribution in [0.2, 0.25) is 0 Å². The van der Waals surface area contributed by atoms with Crippen molar-refractivity contribution in [2.45, 2.75) is 38.9 Å². The van der Waals surface area contributed by atoms with E-state index >= 15 is 0 Å². The normalized spacial score (nSPS) is 37.8. The molecular formula is C8H14NO4P. The van der Waals surface area contributed by atoms with Gasteiger partial charge < -0.3 is 0 Å². The Balaban J connectivity index is 2.47. The molecule has 0 spiro atoms. The summed E-state index contributed by atoms with van der Waals surface area (Å²) in [5, 5.41) is 8.28. The van der Waals surface area contributed by atoms with Gasteiger partial charge in [0.1, 0.15) is 0 Å². The largest absolute Gasteiger partial charge is 0.475 e.